The van der Waals surface area contributed by atoms with Crippen molar-refractivity contribution in [2.45, 2.75) is 116 Å². The summed E-state index contributed by atoms with van der Waals surface area (Å²) in [6.45, 7) is 13.4. The second-order valence-electron chi connectivity index (χ2n) is 17.3. The van der Waals surface area contributed by atoms with Crippen molar-refractivity contribution in [3.05, 3.63) is 131 Å². The SMILES string of the molecule is CC1=C(/C=C/C2=[N+](CCCCCC(=O)[O-])c3ccc4ccccc4c3C2(C)C)CCC/C1=C/C=C1\N(CCCCCC(=O)O)c2ccc3ccccc3c2C1(C)C. The molecule has 4 aromatic rings. The number of unbranched alkanes of at least 4 members (excludes halogenated alkanes) is 4. The van der Waals surface area contributed by atoms with Crippen LogP contribution >= 0.6 is 0 Å². The van der Waals surface area contributed by atoms with E-state index in [1.54, 1.807) is 0 Å². The van der Waals surface area contributed by atoms with Crippen LogP contribution in [0.4, 0.5) is 11.4 Å². The summed E-state index contributed by atoms with van der Waals surface area (Å²) in [4.78, 5) is 24.8. The van der Waals surface area contributed by atoms with E-state index in [1.807, 2.05) is 0 Å². The Labute approximate surface area is 338 Å². The highest BCUT2D eigenvalue weighted by Crippen LogP contribution is 2.51. The minimum absolute atomic E-state index is 0.108. The number of allylic oxidation sites excluding steroid dienone is 8. The fourth-order valence-corrected chi connectivity index (χ4v) is 9.82. The van der Waals surface area contributed by atoms with Gasteiger partial charge in [0.15, 0.2) is 5.71 Å². The molecule has 4 aromatic carbocycles. The maximum atomic E-state index is 11.2. The first kappa shape index (κ1) is 40.0. The van der Waals surface area contributed by atoms with Gasteiger partial charge < -0.3 is 19.9 Å². The first-order valence-corrected chi connectivity index (χ1v) is 21.1. The Morgan fingerprint density at radius 3 is 2.14 bits per heavy atom. The molecular formula is C51H58N2O4. The molecular weight excluding hydrogens is 705 g/mol. The van der Waals surface area contributed by atoms with E-state index in [0.717, 1.165) is 58.0 Å². The second-order valence-corrected chi connectivity index (χ2v) is 17.3. The summed E-state index contributed by atoms with van der Waals surface area (Å²) in [5, 5.41) is 25.4. The molecule has 2 aliphatic heterocycles. The Morgan fingerprint density at radius 1 is 0.754 bits per heavy atom. The average molecular weight is 763 g/mol. The number of anilines is 1. The van der Waals surface area contributed by atoms with E-state index < -0.39 is 11.9 Å². The van der Waals surface area contributed by atoms with Gasteiger partial charge >= 0.3 is 5.97 Å². The van der Waals surface area contributed by atoms with Gasteiger partial charge in [0.05, 0.1) is 5.41 Å². The number of carbonyl (C=O) groups excluding carboxylic acids is 1. The lowest BCUT2D eigenvalue weighted by atomic mass is 9.78. The Morgan fingerprint density at radius 2 is 1.42 bits per heavy atom. The van der Waals surface area contributed by atoms with E-state index in [9.17, 15) is 19.8 Å². The number of nitrogens with zero attached hydrogens (tertiary/aromatic N) is 2. The molecule has 1 aliphatic carbocycles. The van der Waals surface area contributed by atoms with Gasteiger partial charge in [-0.15, -0.1) is 0 Å². The number of carboxylic acid groups (broad SMARTS) is 2. The van der Waals surface area contributed by atoms with Crippen LogP contribution in [0.25, 0.3) is 21.5 Å². The first-order valence-electron chi connectivity index (χ1n) is 21.1. The molecule has 3 aliphatic rings. The number of hydrogen-bond acceptors (Lipinski definition) is 4. The summed E-state index contributed by atoms with van der Waals surface area (Å²) >= 11 is 0. The lowest BCUT2D eigenvalue weighted by molar-refractivity contribution is -0.438. The normalized spacial score (nSPS) is 18.8. The first-order chi connectivity index (χ1) is 27.4. The van der Waals surface area contributed by atoms with Crippen LogP contribution in [0.2, 0.25) is 0 Å². The van der Waals surface area contributed by atoms with Gasteiger partial charge in [-0.1, -0.05) is 87.0 Å². The molecule has 0 aromatic heterocycles. The predicted molar refractivity (Wildman–Crippen MR) is 233 cm³/mol. The molecule has 6 heteroatoms. The fraction of sp³-hybridized carbons (Fsp3) is 0.392. The zero-order valence-corrected chi connectivity index (χ0v) is 34.5. The van der Waals surface area contributed by atoms with E-state index in [0.29, 0.717) is 12.8 Å². The van der Waals surface area contributed by atoms with Crippen LogP contribution in [0.1, 0.15) is 116 Å². The van der Waals surface area contributed by atoms with Crippen LogP contribution in [0.15, 0.2) is 120 Å². The van der Waals surface area contributed by atoms with Gasteiger partial charge in [-0.2, -0.15) is 4.58 Å². The number of aliphatic carboxylic acids is 2. The summed E-state index contributed by atoms with van der Waals surface area (Å²) < 4.78 is 2.48. The lowest BCUT2D eigenvalue weighted by Gasteiger charge is -2.27. The smallest absolute Gasteiger partial charge is 0.303 e. The van der Waals surface area contributed by atoms with Crippen LogP contribution in [0, 0.1) is 0 Å². The lowest BCUT2D eigenvalue weighted by Crippen LogP contribution is -2.28. The number of carboxylic acids is 2. The summed E-state index contributed by atoms with van der Waals surface area (Å²) in [6.07, 6.45) is 17.9. The van der Waals surface area contributed by atoms with Crippen molar-refractivity contribution in [2.24, 2.45) is 0 Å². The van der Waals surface area contributed by atoms with Crippen molar-refractivity contribution in [3.8, 4) is 0 Å². The quantitative estimate of drug-likeness (QED) is 0.0963. The van der Waals surface area contributed by atoms with Crippen LogP contribution in [-0.4, -0.2) is 40.4 Å². The molecule has 0 atom stereocenters. The van der Waals surface area contributed by atoms with Crippen molar-refractivity contribution >= 4 is 50.6 Å². The molecule has 0 saturated heterocycles. The average Bonchev–Trinajstić information content (AvgIpc) is 3.54. The molecule has 0 spiro atoms. The van der Waals surface area contributed by atoms with E-state index >= 15 is 0 Å². The van der Waals surface area contributed by atoms with Crippen molar-refractivity contribution in [3.63, 3.8) is 0 Å². The number of rotatable bonds is 15. The van der Waals surface area contributed by atoms with Crippen LogP contribution in [0.5, 0.6) is 0 Å². The Kier molecular flexibility index (Phi) is 11.7. The van der Waals surface area contributed by atoms with E-state index in [4.69, 9.17) is 0 Å². The zero-order chi connectivity index (χ0) is 40.3. The Hall–Kier alpha value is -5.23. The Balaban J connectivity index is 1.22. The topological polar surface area (TPSA) is 83.7 Å². The Bertz CT molecular complexity index is 2370. The van der Waals surface area contributed by atoms with Gasteiger partial charge in [-0.05, 0) is 134 Å². The largest absolute Gasteiger partial charge is 0.550 e. The maximum absolute atomic E-state index is 11.2. The van der Waals surface area contributed by atoms with Crippen molar-refractivity contribution in [1.82, 2.24) is 0 Å². The fourth-order valence-electron chi connectivity index (χ4n) is 9.82. The molecule has 2 heterocycles. The van der Waals surface area contributed by atoms with Gasteiger partial charge in [0, 0.05) is 59.9 Å². The summed E-state index contributed by atoms with van der Waals surface area (Å²) in [7, 11) is 0. The highest BCUT2D eigenvalue weighted by molar-refractivity contribution is 6.07. The van der Waals surface area contributed by atoms with Gasteiger partial charge in [0.1, 0.15) is 6.54 Å². The molecule has 7 rings (SSSR count). The summed E-state index contributed by atoms with van der Waals surface area (Å²) in [5.74, 6) is -1.70. The van der Waals surface area contributed by atoms with E-state index in [-0.39, 0.29) is 23.7 Å². The molecule has 57 heavy (non-hydrogen) atoms. The zero-order valence-electron chi connectivity index (χ0n) is 34.5. The maximum Gasteiger partial charge on any atom is 0.303 e. The third-order valence-corrected chi connectivity index (χ3v) is 12.8. The molecule has 0 fully saturated rings. The minimum atomic E-state index is -0.974. The monoisotopic (exact) mass is 762 g/mol. The van der Waals surface area contributed by atoms with Gasteiger partial charge in [-0.25, -0.2) is 0 Å². The second kappa shape index (κ2) is 16.7. The van der Waals surface area contributed by atoms with E-state index in [2.05, 4.69) is 141 Å². The molecule has 0 amide bonds. The van der Waals surface area contributed by atoms with Gasteiger partial charge in [0.2, 0.25) is 5.69 Å². The number of fused-ring (bicyclic) bond motifs is 6. The van der Waals surface area contributed by atoms with Crippen molar-refractivity contribution in [1.29, 1.82) is 0 Å². The van der Waals surface area contributed by atoms with Gasteiger partial charge in [0.25, 0.3) is 0 Å². The third-order valence-electron chi connectivity index (χ3n) is 12.8. The number of carbonyl (C=O) groups is 2. The van der Waals surface area contributed by atoms with Crippen LogP contribution < -0.4 is 10.0 Å². The molecule has 0 unspecified atom stereocenters. The highest BCUT2D eigenvalue weighted by Gasteiger charge is 2.45. The molecule has 0 saturated carbocycles. The standard InChI is InChI=1S/C51H58N2O4/c1-35-36(27-31-44-50(2,3)48-40-21-12-10-17-38(40)25-29-42(48)52(44)33-14-6-8-23-46(54)55)19-16-20-37(35)28-32-45-51(4,5)49-41-22-13-11-18-39(41)26-30-43(49)53(45)34-15-7-9-24-47(56)57/h10-13,17-18,21-22,25-32H,6-9,14-16,19-20,23-24,33-34H2,1-5H3,(H-,54,55,56,57). The van der Waals surface area contributed by atoms with Crippen LogP contribution in [0.3, 0.4) is 0 Å². The molecule has 0 bridgehead atoms. The number of hydrogen-bond donors (Lipinski definition) is 1. The summed E-state index contributed by atoms with van der Waals surface area (Å²) in [6, 6.07) is 26.4. The predicted octanol–water partition coefficient (Wildman–Crippen LogP) is 11.0. The molecule has 1 N–H and O–H groups in total. The number of benzene rings is 4. The summed E-state index contributed by atoms with van der Waals surface area (Å²) in [5.41, 5.74) is 11.5. The van der Waals surface area contributed by atoms with Gasteiger partial charge in [-0.3, -0.25) is 4.79 Å². The molecule has 0 radical (unpaired) electrons. The van der Waals surface area contributed by atoms with Crippen LogP contribution in [-0.2, 0) is 20.4 Å². The third kappa shape index (κ3) is 8.01. The van der Waals surface area contributed by atoms with E-state index in [1.165, 1.54) is 72.2 Å². The minimum Gasteiger partial charge on any atom is -0.550 e. The van der Waals surface area contributed by atoms with Crippen molar-refractivity contribution in [2.75, 3.05) is 18.0 Å². The highest BCUT2D eigenvalue weighted by atomic mass is 16.4. The van der Waals surface area contributed by atoms with Crippen molar-refractivity contribution < 1.29 is 24.4 Å². The molecule has 6 nitrogen and oxygen atoms in total. The molecule has 296 valence electrons.